The average Bonchev–Trinajstić information content (AvgIpc) is 3.66. The van der Waals surface area contributed by atoms with Gasteiger partial charge in [0.1, 0.15) is 5.52 Å². The zero-order valence-corrected chi connectivity index (χ0v) is 28.1. The lowest BCUT2D eigenvalue weighted by Crippen LogP contribution is -2.18. The van der Waals surface area contributed by atoms with Crippen LogP contribution in [0.15, 0.2) is 173 Å². The van der Waals surface area contributed by atoms with Gasteiger partial charge in [-0.2, -0.15) is 0 Å². The van der Waals surface area contributed by atoms with Crippen molar-refractivity contribution in [2.24, 2.45) is 0 Å². The number of nitrogens with zero attached hydrogens (tertiary/aromatic N) is 2. The molecule has 9 rings (SSSR count). The summed E-state index contributed by atoms with van der Waals surface area (Å²) in [6.07, 6.45) is 19.9. The first-order valence-electron chi connectivity index (χ1n) is 17.8. The van der Waals surface area contributed by atoms with E-state index in [2.05, 4.69) is 144 Å². The van der Waals surface area contributed by atoms with E-state index in [1.807, 2.05) is 18.2 Å². The zero-order valence-electron chi connectivity index (χ0n) is 28.1. The molecule has 0 aliphatic heterocycles. The molecule has 0 saturated heterocycles. The molecule has 50 heavy (non-hydrogen) atoms. The van der Waals surface area contributed by atoms with E-state index in [9.17, 15) is 0 Å². The lowest BCUT2D eigenvalue weighted by molar-refractivity contribution is 0.618. The fraction of sp³-hybridized carbons (Fsp3) is 0.128. The molecule has 0 atom stereocenters. The lowest BCUT2D eigenvalue weighted by Gasteiger charge is -2.30. The first-order valence-corrected chi connectivity index (χ1v) is 17.8. The summed E-state index contributed by atoms with van der Waals surface area (Å²) in [5.74, 6) is 0.688. The SMILES string of the molecule is C1=Cc2c(cc(C3=CC=C(C4=CC=C(N(c5ccccc5)c5ccc(-c6ccccc6)cc5)CC4)CC3)c3nc(-c4ccccc4)oc23)CC1. The fourth-order valence-corrected chi connectivity index (χ4v) is 7.63. The maximum Gasteiger partial charge on any atom is 0.227 e. The van der Waals surface area contributed by atoms with Crippen LogP contribution in [0.2, 0.25) is 0 Å². The Morgan fingerprint density at radius 1 is 0.540 bits per heavy atom. The average molecular weight is 647 g/mol. The van der Waals surface area contributed by atoms with Crippen LogP contribution < -0.4 is 4.90 Å². The van der Waals surface area contributed by atoms with Gasteiger partial charge < -0.3 is 9.32 Å². The molecule has 3 aliphatic rings. The number of rotatable bonds is 7. The monoisotopic (exact) mass is 646 g/mol. The number of aryl methyl sites for hydroxylation is 1. The topological polar surface area (TPSA) is 29.3 Å². The Labute approximate surface area is 293 Å². The molecule has 0 fully saturated rings. The molecule has 0 bridgehead atoms. The highest BCUT2D eigenvalue weighted by atomic mass is 16.3. The summed E-state index contributed by atoms with van der Waals surface area (Å²) < 4.78 is 6.49. The predicted octanol–water partition coefficient (Wildman–Crippen LogP) is 12.7. The fourth-order valence-electron chi connectivity index (χ4n) is 7.63. The highest BCUT2D eigenvalue weighted by molar-refractivity contribution is 5.96. The summed E-state index contributed by atoms with van der Waals surface area (Å²) >= 11 is 0. The third-order valence-corrected chi connectivity index (χ3v) is 10.2. The number of hydrogen-bond acceptors (Lipinski definition) is 3. The van der Waals surface area contributed by atoms with Gasteiger partial charge in [-0.05, 0) is 120 Å². The molecule has 6 aromatic rings. The molecule has 242 valence electrons. The van der Waals surface area contributed by atoms with E-state index in [0.29, 0.717) is 5.89 Å². The standard InChI is InChI=1S/C47H38N2O/c1-4-12-33(13-5-1)35-24-28-41(29-25-35)49(40-17-8-3-9-18-40)42-30-26-36(27-31-42)34-20-22-37(23-21-34)44-32-39-16-10-11-19-43(39)46-45(44)48-47(50-46)38-14-6-2-7-15-38/h1-9,11-15,17-20,22,24-26,28-30,32H,10,16,21,23,27,31H2. The summed E-state index contributed by atoms with van der Waals surface area (Å²) in [4.78, 5) is 7.49. The smallest absolute Gasteiger partial charge is 0.227 e. The minimum atomic E-state index is 0.688. The van der Waals surface area contributed by atoms with E-state index in [1.54, 1.807) is 0 Å². The molecule has 3 aliphatic carbocycles. The van der Waals surface area contributed by atoms with E-state index < -0.39 is 0 Å². The molecule has 0 N–H and O–H groups in total. The van der Waals surface area contributed by atoms with Crippen LogP contribution in [0, 0.1) is 0 Å². The third-order valence-electron chi connectivity index (χ3n) is 10.2. The molecular formula is C47H38N2O. The predicted molar refractivity (Wildman–Crippen MR) is 208 cm³/mol. The van der Waals surface area contributed by atoms with Crippen LogP contribution in [0.4, 0.5) is 11.4 Å². The second kappa shape index (κ2) is 13.2. The van der Waals surface area contributed by atoms with E-state index >= 15 is 0 Å². The Bertz CT molecular complexity index is 2340. The second-order valence-corrected chi connectivity index (χ2v) is 13.3. The minimum absolute atomic E-state index is 0.688. The number of fused-ring (bicyclic) bond motifs is 3. The molecule has 0 spiro atoms. The molecule has 1 heterocycles. The molecule has 5 aromatic carbocycles. The van der Waals surface area contributed by atoms with Gasteiger partial charge in [-0.15, -0.1) is 0 Å². The minimum Gasteiger partial charge on any atom is -0.435 e. The summed E-state index contributed by atoms with van der Waals surface area (Å²) in [6.45, 7) is 0. The molecule has 1 aromatic heterocycles. The summed E-state index contributed by atoms with van der Waals surface area (Å²) in [7, 11) is 0. The van der Waals surface area contributed by atoms with Gasteiger partial charge >= 0.3 is 0 Å². The Balaban J connectivity index is 1.02. The normalized spacial score (nSPS) is 15.5. The van der Waals surface area contributed by atoms with Crippen molar-refractivity contribution in [2.75, 3.05) is 4.90 Å². The maximum atomic E-state index is 6.49. The summed E-state index contributed by atoms with van der Waals surface area (Å²) in [6, 6.07) is 42.9. The molecule has 0 saturated carbocycles. The Morgan fingerprint density at radius 2 is 1.14 bits per heavy atom. The number of para-hydroxylation sites is 1. The van der Waals surface area contributed by atoms with Crippen LogP contribution in [0.5, 0.6) is 0 Å². The van der Waals surface area contributed by atoms with Crippen LogP contribution in [-0.2, 0) is 6.42 Å². The first kappa shape index (κ1) is 30.2. The van der Waals surface area contributed by atoms with E-state index in [1.165, 1.54) is 61.6 Å². The van der Waals surface area contributed by atoms with Crippen LogP contribution in [0.25, 0.3) is 45.3 Å². The van der Waals surface area contributed by atoms with Gasteiger partial charge in [0.15, 0.2) is 5.58 Å². The van der Waals surface area contributed by atoms with Gasteiger partial charge in [0.05, 0.1) is 0 Å². The molecule has 0 radical (unpaired) electrons. The maximum absolute atomic E-state index is 6.49. The van der Waals surface area contributed by atoms with Crippen molar-refractivity contribution >= 4 is 34.1 Å². The molecular weight excluding hydrogens is 609 g/mol. The first-order chi connectivity index (χ1) is 24.8. The highest BCUT2D eigenvalue weighted by Crippen LogP contribution is 2.41. The second-order valence-electron chi connectivity index (χ2n) is 13.3. The van der Waals surface area contributed by atoms with Crippen molar-refractivity contribution in [2.45, 2.75) is 38.5 Å². The van der Waals surface area contributed by atoms with Crippen molar-refractivity contribution in [1.82, 2.24) is 4.98 Å². The number of oxazole rings is 1. The highest BCUT2D eigenvalue weighted by Gasteiger charge is 2.24. The van der Waals surface area contributed by atoms with Crippen molar-refractivity contribution in [3.05, 3.63) is 185 Å². The Kier molecular flexibility index (Phi) is 7.94. The number of anilines is 2. The number of allylic oxidation sites excluding steroid dienone is 9. The Hall–Kier alpha value is -5.93. The molecule has 0 unspecified atom stereocenters. The van der Waals surface area contributed by atoms with Gasteiger partial charge in [0, 0.05) is 33.8 Å². The molecule has 0 amide bonds. The van der Waals surface area contributed by atoms with E-state index in [4.69, 9.17) is 9.40 Å². The Morgan fingerprint density at radius 3 is 1.82 bits per heavy atom. The molecule has 3 heteroatoms. The number of aromatic nitrogens is 1. The van der Waals surface area contributed by atoms with Gasteiger partial charge in [-0.3, -0.25) is 0 Å². The van der Waals surface area contributed by atoms with Crippen LogP contribution >= 0.6 is 0 Å². The quantitative estimate of drug-likeness (QED) is 0.173. The van der Waals surface area contributed by atoms with Crippen LogP contribution in [0.1, 0.15) is 48.8 Å². The third kappa shape index (κ3) is 5.75. The van der Waals surface area contributed by atoms with Gasteiger partial charge in [-0.25, -0.2) is 4.98 Å². The zero-order chi connectivity index (χ0) is 33.3. The number of hydrogen-bond donors (Lipinski definition) is 0. The van der Waals surface area contributed by atoms with Crippen LogP contribution in [0.3, 0.4) is 0 Å². The van der Waals surface area contributed by atoms with E-state index in [0.717, 1.165) is 55.2 Å². The molecule has 3 nitrogen and oxygen atoms in total. The van der Waals surface area contributed by atoms with Gasteiger partial charge in [0.2, 0.25) is 5.89 Å². The van der Waals surface area contributed by atoms with Crippen molar-refractivity contribution in [3.8, 4) is 22.6 Å². The van der Waals surface area contributed by atoms with Crippen molar-refractivity contribution in [3.63, 3.8) is 0 Å². The summed E-state index contributed by atoms with van der Waals surface area (Å²) in [5, 5.41) is 0. The van der Waals surface area contributed by atoms with Gasteiger partial charge in [-0.1, -0.05) is 109 Å². The van der Waals surface area contributed by atoms with Crippen LogP contribution in [-0.4, -0.2) is 4.98 Å². The largest absolute Gasteiger partial charge is 0.435 e. The summed E-state index contributed by atoms with van der Waals surface area (Å²) in [5.41, 5.74) is 17.0. The lowest BCUT2D eigenvalue weighted by atomic mass is 9.84. The van der Waals surface area contributed by atoms with Crippen molar-refractivity contribution in [1.29, 1.82) is 0 Å². The number of benzene rings is 5. The van der Waals surface area contributed by atoms with E-state index in [-0.39, 0.29) is 0 Å². The van der Waals surface area contributed by atoms with Gasteiger partial charge in [0.25, 0.3) is 0 Å². The van der Waals surface area contributed by atoms with Crippen molar-refractivity contribution < 1.29 is 4.42 Å².